The molecule has 1 saturated heterocycles. The predicted molar refractivity (Wildman–Crippen MR) is 138 cm³/mol. The Kier molecular flexibility index (Phi) is 7.46. The Morgan fingerprint density at radius 2 is 1.95 bits per heavy atom. The summed E-state index contributed by atoms with van der Waals surface area (Å²) in [6.07, 6.45) is 0.0328. The maximum absolute atomic E-state index is 14.8. The summed E-state index contributed by atoms with van der Waals surface area (Å²) in [7, 11) is 3.28. The highest BCUT2D eigenvalue weighted by Gasteiger charge is 2.50. The number of aliphatic hydroxyl groups excluding tert-OH is 1. The Labute approximate surface area is 220 Å². The van der Waals surface area contributed by atoms with E-state index >= 15 is 0 Å². The number of methoxy groups -OCH3 is 1. The number of aromatic nitrogens is 2. The zero-order valence-corrected chi connectivity index (χ0v) is 22.4. The van der Waals surface area contributed by atoms with E-state index in [4.69, 9.17) is 4.74 Å². The molecule has 1 amide bonds. The first-order chi connectivity index (χ1) is 17.8. The van der Waals surface area contributed by atoms with Crippen LogP contribution in [0.15, 0.2) is 30.1 Å². The molecule has 0 radical (unpaired) electrons. The molecule has 0 spiro atoms. The highest BCUT2D eigenvalue weighted by atomic mass is 19.3. The van der Waals surface area contributed by atoms with E-state index in [1.807, 2.05) is 13.8 Å². The number of alkyl halides is 2. The Bertz CT molecular complexity index is 1250. The first-order valence-corrected chi connectivity index (χ1v) is 12.5. The average molecular weight is 534 g/mol. The van der Waals surface area contributed by atoms with Gasteiger partial charge in [0.2, 0.25) is 5.91 Å². The first kappa shape index (κ1) is 27.8. The molecule has 2 aliphatic rings. The van der Waals surface area contributed by atoms with E-state index in [0.717, 1.165) is 6.07 Å². The molecule has 1 unspecified atom stereocenters. The second-order valence-electron chi connectivity index (χ2n) is 10.6. The number of hydrogen-bond acceptors (Lipinski definition) is 7. The van der Waals surface area contributed by atoms with Crippen molar-refractivity contribution in [2.75, 3.05) is 30.9 Å². The molecule has 1 fully saturated rings. The van der Waals surface area contributed by atoms with Crippen LogP contribution in [0.25, 0.3) is 6.08 Å². The molecule has 0 bridgehead atoms. The van der Waals surface area contributed by atoms with Crippen molar-refractivity contribution in [2.45, 2.75) is 70.4 Å². The van der Waals surface area contributed by atoms with Crippen molar-refractivity contribution in [3.05, 3.63) is 52.6 Å². The number of hydrogen-bond donors (Lipinski definition) is 2. The predicted octanol–water partition coefficient (Wildman–Crippen LogP) is 4.68. The number of amides is 1. The van der Waals surface area contributed by atoms with E-state index in [1.165, 1.54) is 25.4 Å². The van der Waals surface area contributed by atoms with Crippen molar-refractivity contribution in [3.8, 4) is 0 Å². The minimum atomic E-state index is -2.93. The average Bonchev–Trinajstić information content (AvgIpc) is 2.85. The highest BCUT2D eigenvalue weighted by molar-refractivity contribution is 5.80. The van der Waals surface area contributed by atoms with E-state index in [9.17, 15) is 23.1 Å². The largest absolute Gasteiger partial charge is 0.374 e. The summed E-state index contributed by atoms with van der Waals surface area (Å²) in [5, 5.41) is 14.5. The number of halogens is 3. The number of carbonyl (C=O) groups is 1. The molecule has 2 N–H and O–H groups in total. The van der Waals surface area contributed by atoms with Gasteiger partial charge in [-0.3, -0.25) is 4.79 Å². The van der Waals surface area contributed by atoms with Gasteiger partial charge in [0.15, 0.2) is 6.23 Å². The number of benzene rings is 1. The lowest BCUT2D eigenvalue weighted by molar-refractivity contribution is -0.145. The number of piperidine rings is 1. The van der Waals surface area contributed by atoms with Crippen LogP contribution in [-0.4, -0.2) is 64.0 Å². The van der Waals surface area contributed by atoms with Gasteiger partial charge >= 0.3 is 0 Å². The molecule has 4 rings (SSSR count). The molecule has 11 heteroatoms. The number of ether oxygens (including phenoxy) is 1. The Hall–Kier alpha value is -3.18. The summed E-state index contributed by atoms with van der Waals surface area (Å²) < 4.78 is 47.5. The summed E-state index contributed by atoms with van der Waals surface area (Å²) in [6, 6.07) is 3.22. The van der Waals surface area contributed by atoms with Gasteiger partial charge in [-0.25, -0.2) is 23.1 Å². The molecule has 2 aromatic rings. The standard InChI is InChI=1S/C27H34F3N5O3/c1-15(17-8-7-9-18(21(17)28)22(29)30)33-23-19-12-20(25(37)34(5)24(19)32-14-31-23)27(38-6)10-11-35(16(2)36)26(3,4)13-27/h7-9,12,14-15,22,25,37H,10-11,13H2,1-6H3,(H,31,32,33)/t15-,25?,27+/m1/s1. The summed E-state index contributed by atoms with van der Waals surface area (Å²) >= 11 is 0. The number of aliphatic hydroxyl groups is 1. The second-order valence-corrected chi connectivity index (χ2v) is 10.6. The molecular formula is C27H34F3N5O3. The van der Waals surface area contributed by atoms with Crippen molar-refractivity contribution >= 4 is 23.6 Å². The van der Waals surface area contributed by atoms with Crippen LogP contribution in [0.3, 0.4) is 0 Å². The van der Waals surface area contributed by atoms with Gasteiger partial charge in [-0.2, -0.15) is 0 Å². The van der Waals surface area contributed by atoms with Crippen LogP contribution in [0, 0.1) is 5.82 Å². The third-order valence-electron chi connectivity index (χ3n) is 7.74. The molecule has 206 valence electrons. The van der Waals surface area contributed by atoms with Gasteiger partial charge in [-0.05, 0) is 33.3 Å². The minimum Gasteiger partial charge on any atom is -0.374 e. The van der Waals surface area contributed by atoms with Crippen molar-refractivity contribution < 1.29 is 27.8 Å². The lowest BCUT2D eigenvalue weighted by atomic mass is 9.73. The first-order valence-electron chi connectivity index (χ1n) is 12.5. The monoisotopic (exact) mass is 533 g/mol. The Balaban J connectivity index is 1.75. The van der Waals surface area contributed by atoms with Crippen LogP contribution in [-0.2, 0) is 9.53 Å². The maximum Gasteiger partial charge on any atom is 0.266 e. The molecule has 3 atom stereocenters. The maximum atomic E-state index is 14.8. The molecule has 3 heterocycles. The molecule has 8 nitrogen and oxygen atoms in total. The molecule has 38 heavy (non-hydrogen) atoms. The third kappa shape index (κ3) is 4.73. The van der Waals surface area contributed by atoms with E-state index in [2.05, 4.69) is 15.3 Å². The normalized spacial score (nSPS) is 23.7. The van der Waals surface area contributed by atoms with Crippen LogP contribution in [0.5, 0.6) is 0 Å². The molecule has 2 aliphatic heterocycles. The fourth-order valence-electron chi connectivity index (χ4n) is 5.79. The van der Waals surface area contributed by atoms with Crippen molar-refractivity contribution in [2.24, 2.45) is 0 Å². The van der Waals surface area contributed by atoms with Gasteiger partial charge in [0.05, 0.1) is 22.8 Å². The summed E-state index contributed by atoms with van der Waals surface area (Å²) in [5.41, 5.74) is -0.853. The van der Waals surface area contributed by atoms with E-state index < -0.39 is 41.2 Å². The zero-order chi connectivity index (χ0) is 28.0. The lowest BCUT2D eigenvalue weighted by Crippen LogP contribution is -2.61. The lowest BCUT2D eigenvalue weighted by Gasteiger charge is -2.53. The molecular weight excluding hydrogens is 499 g/mol. The Morgan fingerprint density at radius 1 is 1.26 bits per heavy atom. The van der Waals surface area contributed by atoms with Gasteiger partial charge in [0, 0.05) is 50.7 Å². The number of likely N-dealkylation sites (N-methyl/N-ethyl adjacent to an activating group) is 1. The number of rotatable bonds is 6. The van der Waals surface area contributed by atoms with Crippen molar-refractivity contribution in [1.29, 1.82) is 0 Å². The van der Waals surface area contributed by atoms with Crippen LogP contribution < -0.4 is 10.2 Å². The van der Waals surface area contributed by atoms with E-state index in [-0.39, 0.29) is 11.5 Å². The van der Waals surface area contributed by atoms with Crippen LogP contribution >= 0.6 is 0 Å². The summed E-state index contributed by atoms with van der Waals surface area (Å²) in [5.74, 6) is -0.198. The number of likely N-dealkylation sites (tertiary alicyclic amines) is 1. The van der Waals surface area contributed by atoms with E-state index in [1.54, 1.807) is 37.0 Å². The molecule has 1 aromatic carbocycles. The van der Waals surface area contributed by atoms with Gasteiger partial charge < -0.3 is 25.0 Å². The number of carbonyl (C=O) groups excluding carboxylic acids is 1. The SMILES string of the molecule is CO[C@@]1(C2=Cc3c(N[C@H](C)c4cccc(C(F)F)c4F)ncnc3N(C)C2O)CCN(C(C)=O)C(C)(C)C1. The summed E-state index contributed by atoms with van der Waals surface area (Å²) in [4.78, 5) is 24.3. The van der Waals surface area contributed by atoms with Crippen molar-refractivity contribution in [3.63, 3.8) is 0 Å². The van der Waals surface area contributed by atoms with E-state index in [0.29, 0.717) is 42.2 Å². The fourth-order valence-corrected chi connectivity index (χ4v) is 5.79. The van der Waals surface area contributed by atoms with Crippen LogP contribution in [0.4, 0.5) is 24.8 Å². The topological polar surface area (TPSA) is 90.8 Å². The highest BCUT2D eigenvalue weighted by Crippen LogP contribution is 2.46. The summed E-state index contributed by atoms with van der Waals surface area (Å²) in [6.45, 7) is 7.58. The second kappa shape index (κ2) is 10.2. The quantitative estimate of drug-likeness (QED) is 0.557. The number of fused-ring (bicyclic) bond motifs is 1. The molecule has 0 saturated carbocycles. The van der Waals surface area contributed by atoms with Gasteiger partial charge in [0.1, 0.15) is 23.8 Å². The third-order valence-corrected chi connectivity index (χ3v) is 7.74. The smallest absolute Gasteiger partial charge is 0.266 e. The van der Waals surface area contributed by atoms with Crippen LogP contribution in [0.2, 0.25) is 0 Å². The van der Waals surface area contributed by atoms with Gasteiger partial charge in [-0.15, -0.1) is 0 Å². The number of nitrogens with zero attached hydrogens (tertiary/aromatic N) is 4. The fraction of sp³-hybridized carbons (Fsp3) is 0.519. The zero-order valence-electron chi connectivity index (χ0n) is 22.4. The van der Waals surface area contributed by atoms with Gasteiger partial charge in [-0.1, -0.05) is 18.2 Å². The van der Waals surface area contributed by atoms with Crippen LogP contribution in [0.1, 0.15) is 69.7 Å². The Morgan fingerprint density at radius 3 is 2.55 bits per heavy atom. The van der Waals surface area contributed by atoms with Gasteiger partial charge in [0.25, 0.3) is 6.43 Å². The molecule has 0 aliphatic carbocycles. The van der Waals surface area contributed by atoms with Crippen molar-refractivity contribution in [1.82, 2.24) is 14.9 Å². The minimum absolute atomic E-state index is 0.0302. The number of anilines is 2. The molecule has 1 aromatic heterocycles. The number of nitrogens with one attached hydrogen (secondary N) is 1.